The molecule has 0 radical (unpaired) electrons. The number of anilines is 1. The van der Waals surface area contributed by atoms with E-state index in [1.807, 2.05) is 24.3 Å². The molecular formula is C31H30N4O3S. The van der Waals surface area contributed by atoms with E-state index in [0.29, 0.717) is 18.5 Å². The Morgan fingerprint density at radius 3 is 2.41 bits per heavy atom. The first-order chi connectivity index (χ1) is 18.8. The van der Waals surface area contributed by atoms with Gasteiger partial charge in [0.05, 0.1) is 27.8 Å². The summed E-state index contributed by atoms with van der Waals surface area (Å²) >= 11 is 0. The van der Waals surface area contributed by atoms with Gasteiger partial charge in [0.1, 0.15) is 5.82 Å². The molecule has 0 aliphatic rings. The Hall–Kier alpha value is -4.30. The van der Waals surface area contributed by atoms with E-state index in [9.17, 15) is 13.2 Å². The van der Waals surface area contributed by atoms with Crippen molar-refractivity contribution in [3.05, 3.63) is 108 Å². The molecule has 2 heterocycles. The summed E-state index contributed by atoms with van der Waals surface area (Å²) in [5.41, 5.74) is 7.20. The van der Waals surface area contributed by atoms with Crippen LogP contribution in [-0.2, 0) is 27.8 Å². The number of carbonyl (C=O) groups is 1. The number of hydrogen-bond acceptors (Lipinski definition) is 5. The van der Waals surface area contributed by atoms with Crippen molar-refractivity contribution < 1.29 is 13.2 Å². The van der Waals surface area contributed by atoms with Gasteiger partial charge in [-0.15, -0.1) is 0 Å². The van der Waals surface area contributed by atoms with E-state index in [1.165, 1.54) is 29.5 Å². The molecule has 0 N–H and O–H groups in total. The second-order valence-electron chi connectivity index (χ2n) is 9.62. The molecule has 0 atom stereocenters. The van der Waals surface area contributed by atoms with Gasteiger partial charge in [-0.1, -0.05) is 55.5 Å². The summed E-state index contributed by atoms with van der Waals surface area (Å²) < 4.78 is 29.6. The molecule has 0 bridgehead atoms. The molecule has 0 saturated carbocycles. The molecule has 5 rings (SSSR count). The van der Waals surface area contributed by atoms with Crippen molar-refractivity contribution >= 4 is 33.2 Å². The molecule has 0 spiro atoms. The minimum absolute atomic E-state index is 0.0307. The van der Waals surface area contributed by atoms with Gasteiger partial charge in [0.2, 0.25) is 6.41 Å². The number of aryl methyl sites for hydroxylation is 3. The maximum Gasteiger partial charge on any atom is 0.270 e. The quantitative estimate of drug-likeness (QED) is 0.213. The molecule has 0 saturated heterocycles. The lowest BCUT2D eigenvalue weighted by molar-refractivity contribution is -0.106. The largest absolute Gasteiger partial charge is 0.323 e. The van der Waals surface area contributed by atoms with E-state index in [1.54, 1.807) is 30.5 Å². The van der Waals surface area contributed by atoms with Crippen LogP contribution in [0.3, 0.4) is 0 Å². The van der Waals surface area contributed by atoms with Crippen LogP contribution in [0, 0.1) is 13.8 Å². The average Bonchev–Trinajstić information content (AvgIpc) is 3.27. The third-order valence-electron chi connectivity index (χ3n) is 6.78. The van der Waals surface area contributed by atoms with Gasteiger partial charge >= 0.3 is 0 Å². The molecule has 198 valence electrons. The monoisotopic (exact) mass is 538 g/mol. The topological polar surface area (TPSA) is 85.2 Å². The minimum Gasteiger partial charge on any atom is -0.323 e. The van der Waals surface area contributed by atoms with E-state index in [-0.39, 0.29) is 10.6 Å². The summed E-state index contributed by atoms with van der Waals surface area (Å²) in [6, 6.07) is 21.9. The molecule has 0 aliphatic heterocycles. The highest BCUT2D eigenvalue weighted by Crippen LogP contribution is 2.33. The van der Waals surface area contributed by atoms with Crippen molar-refractivity contribution in [1.82, 2.24) is 14.5 Å². The number of sulfonamides is 1. The van der Waals surface area contributed by atoms with Gasteiger partial charge < -0.3 is 4.57 Å². The second-order valence-corrected chi connectivity index (χ2v) is 11.4. The van der Waals surface area contributed by atoms with E-state index in [0.717, 1.165) is 45.1 Å². The third kappa shape index (κ3) is 5.07. The Labute approximate surface area is 228 Å². The highest BCUT2D eigenvalue weighted by atomic mass is 32.2. The number of benzene rings is 3. The second kappa shape index (κ2) is 10.8. The first kappa shape index (κ1) is 26.3. The van der Waals surface area contributed by atoms with Gasteiger partial charge in [-0.05, 0) is 66.8 Å². The van der Waals surface area contributed by atoms with Gasteiger partial charge in [-0.3, -0.25) is 9.78 Å². The highest BCUT2D eigenvalue weighted by molar-refractivity contribution is 7.93. The van der Waals surface area contributed by atoms with Crippen LogP contribution < -0.4 is 4.31 Å². The lowest BCUT2D eigenvalue weighted by Gasteiger charge is -2.20. The van der Waals surface area contributed by atoms with Crippen LogP contribution in [0.2, 0.25) is 0 Å². The van der Waals surface area contributed by atoms with Gasteiger partial charge in [0.25, 0.3) is 10.0 Å². The molecule has 0 fully saturated rings. The lowest BCUT2D eigenvalue weighted by Crippen LogP contribution is -2.30. The van der Waals surface area contributed by atoms with Crippen LogP contribution in [0.5, 0.6) is 0 Å². The van der Waals surface area contributed by atoms with Gasteiger partial charge in [-0.2, -0.15) is 0 Å². The molecule has 8 heteroatoms. The Morgan fingerprint density at radius 1 is 0.974 bits per heavy atom. The summed E-state index contributed by atoms with van der Waals surface area (Å²) in [5, 5.41) is 0. The molecule has 2 aromatic heterocycles. The molecule has 0 aliphatic carbocycles. The van der Waals surface area contributed by atoms with E-state index >= 15 is 0 Å². The van der Waals surface area contributed by atoms with E-state index < -0.39 is 10.0 Å². The standard InChI is InChI=1S/C31H30N4O3S/c1-4-8-30-33-31-23(3)17-22(2)18-28(31)34(30)20-24-11-13-25(14-12-24)27-15-16-32-19-29(27)35(21-36)39(37,38)26-9-6-5-7-10-26/h5-7,9-19,21H,4,8,20H2,1-3H3. The zero-order valence-electron chi connectivity index (χ0n) is 22.2. The van der Waals surface area contributed by atoms with Crippen LogP contribution in [0.1, 0.15) is 35.9 Å². The Morgan fingerprint density at radius 2 is 1.72 bits per heavy atom. The van der Waals surface area contributed by atoms with Gasteiger partial charge in [0.15, 0.2) is 0 Å². The third-order valence-corrected chi connectivity index (χ3v) is 8.45. The smallest absolute Gasteiger partial charge is 0.270 e. The molecule has 1 amide bonds. The van der Waals surface area contributed by atoms with Crippen LogP contribution in [0.4, 0.5) is 5.69 Å². The molecule has 0 unspecified atom stereocenters. The number of amides is 1. The van der Waals surface area contributed by atoms with Gasteiger partial charge in [0, 0.05) is 24.7 Å². The molecule has 5 aromatic rings. The fourth-order valence-electron chi connectivity index (χ4n) is 4.94. The first-order valence-electron chi connectivity index (χ1n) is 12.9. The highest BCUT2D eigenvalue weighted by Gasteiger charge is 2.27. The van der Waals surface area contributed by atoms with Crippen LogP contribution in [-0.4, -0.2) is 29.4 Å². The summed E-state index contributed by atoms with van der Waals surface area (Å²) in [6.07, 6.45) is 5.20. The predicted octanol–water partition coefficient (Wildman–Crippen LogP) is 6.07. The maximum absolute atomic E-state index is 13.3. The number of imidazole rings is 1. The number of nitrogens with zero attached hydrogens (tertiary/aromatic N) is 4. The predicted molar refractivity (Wildman–Crippen MR) is 154 cm³/mol. The van der Waals surface area contributed by atoms with Crippen molar-refractivity contribution in [2.24, 2.45) is 0 Å². The van der Waals surface area contributed by atoms with Crippen molar-refractivity contribution in [3.63, 3.8) is 0 Å². The summed E-state index contributed by atoms with van der Waals surface area (Å²) in [4.78, 5) is 21.2. The average molecular weight is 539 g/mol. The molecular weight excluding hydrogens is 508 g/mol. The number of aromatic nitrogens is 3. The Bertz CT molecular complexity index is 1740. The fourth-order valence-corrected chi connectivity index (χ4v) is 6.18. The van der Waals surface area contributed by atoms with Crippen molar-refractivity contribution in [2.75, 3.05) is 4.31 Å². The van der Waals surface area contributed by atoms with Gasteiger partial charge in [-0.25, -0.2) is 17.7 Å². The number of pyridine rings is 1. The fraction of sp³-hybridized carbons (Fsp3) is 0.194. The summed E-state index contributed by atoms with van der Waals surface area (Å²) in [6.45, 7) is 7.03. The summed E-state index contributed by atoms with van der Waals surface area (Å²) in [5.74, 6) is 1.06. The molecule has 3 aromatic carbocycles. The van der Waals surface area contributed by atoms with Crippen molar-refractivity contribution in [2.45, 2.75) is 45.1 Å². The number of rotatable bonds is 9. The van der Waals surface area contributed by atoms with Crippen molar-refractivity contribution in [3.8, 4) is 11.1 Å². The SMILES string of the molecule is CCCc1nc2c(C)cc(C)cc2n1Cc1ccc(-c2ccncc2N(C=O)S(=O)(=O)c2ccccc2)cc1. The maximum atomic E-state index is 13.3. The van der Waals surface area contributed by atoms with E-state index in [2.05, 4.69) is 42.5 Å². The molecule has 39 heavy (non-hydrogen) atoms. The van der Waals surface area contributed by atoms with Crippen molar-refractivity contribution in [1.29, 1.82) is 0 Å². The zero-order valence-corrected chi connectivity index (χ0v) is 23.0. The lowest BCUT2D eigenvalue weighted by atomic mass is 10.0. The Balaban J connectivity index is 1.50. The minimum atomic E-state index is -4.10. The number of carbonyl (C=O) groups excluding carboxylic acids is 1. The summed E-state index contributed by atoms with van der Waals surface area (Å²) in [7, 11) is -4.10. The zero-order chi connectivity index (χ0) is 27.6. The van der Waals surface area contributed by atoms with Crippen LogP contribution >= 0.6 is 0 Å². The number of hydrogen-bond donors (Lipinski definition) is 0. The van der Waals surface area contributed by atoms with Crippen LogP contribution in [0.15, 0.2) is 90.1 Å². The normalized spacial score (nSPS) is 11.6. The first-order valence-corrected chi connectivity index (χ1v) is 14.3. The van der Waals surface area contributed by atoms with E-state index in [4.69, 9.17) is 4.98 Å². The molecule has 7 nitrogen and oxygen atoms in total. The Kier molecular flexibility index (Phi) is 7.30. The number of fused-ring (bicyclic) bond motifs is 1. The van der Waals surface area contributed by atoms with Crippen LogP contribution in [0.25, 0.3) is 22.2 Å².